The van der Waals surface area contributed by atoms with Gasteiger partial charge in [0.05, 0.1) is 5.57 Å². The zero-order valence-electron chi connectivity index (χ0n) is 12.3. The van der Waals surface area contributed by atoms with E-state index in [4.69, 9.17) is 16.3 Å². The van der Waals surface area contributed by atoms with Gasteiger partial charge < -0.3 is 14.5 Å². The van der Waals surface area contributed by atoms with Crippen LogP contribution in [0.3, 0.4) is 0 Å². The Morgan fingerprint density at radius 2 is 1.82 bits per heavy atom. The molecule has 0 saturated carbocycles. The van der Waals surface area contributed by atoms with Crippen molar-refractivity contribution in [1.29, 1.82) is 0 Å². The predicted octanol–water partition coefficient (Wildman–Crippen LogP) is 1.81. The summed E-state index contributed by atoms with van der Waals surface area (Å²) in [6.07, 6.45) is 1.84. The Morgan fingerprint density at radius 1 is 1.14 bits per heavy atom. The number of piperazine rings is 1. The number of rotatable bonds is 1. The van der Waals surface area contributed by atoms with Crippen LogP contribution in [0.4, 0.5) is 0 Å². The molecule has 0 N–H and O–H groups in total. The van der Waals surface area contributed by atoms with E-state index in [0.717, 1.165) is 11.3 Å². The number of hydrogen-bond donors (Lipinski definition) is 0. The molecule has 1 aromatic rings. The molecule has 0 aromatic heterocycles. The maximum Gasteiger partial charge on any atom is 0.253 e. The maximum absolute atomic E-state index is 12.6. The van der Waals surface area contributed by atoms with E-state index in [0.29, 0.717) is 36.8 Å². The highest BCUT2D eigenvalue weighted by molar-refractivity contribution is 6.30. The molecule has 2 aliphatic heterocycles. The summed E-state index contributed by atoms with van der Waals surface area (Å²) in [4.78, 5) is 27.4. The average molecular weight is 321 g/mol. The third kappa shape index (κ3) is 2.95. The molecule has 0 bridgehead atoms. The third-order valence-corrected chi connectivity index (χ3v) is 4.21. The van der Waals surface area contributed by atoms with Gasteiger partial charge in [0, 0.05) is 43.7 Å². The summed E-state index contributed by atoms with van der Waals surface area (Å²) in [7, 11) is 0. The van der Waals surface area contributed by atoms with E-state index >= 15 is 0 Å². The summed E-state index contributed by atoms with van der Waals surface area (Å²) in [5.74, 6) is 0.757. The highest BCUT2D eigenvalue weighted by Gasteiger charge is 2.26. The molecule has 22 heavy (non-hydrogen) atoms. The first kappa shape index (κ1) is 14.9. The molecule has 116 valence electrons. The van der Waals surface area contributed by atoms with E-state index in [1.165, 1.54) is 0 Å². The zero-order chi connectivity index (χ0) is 15.7. The molecule has 1 fully saturated rings. The van der Waals surface area contributed by atoms with Crippen LogP contribution in [0.2, 0.25) is 5.02 Å². The molecule has 0 spiro atoms. The van der Waals surface area contributed by atoms with Gasteiger partial charge in [-0.05, 0) is 24.3 Å². The third-order valence-electron chi connectivity index (χ3n) is 3.97. The fourth-order valence-electron chi connectivity index (χ4n) is 2.70. The van der Waals surface area contributed by atoms with Gasteiger partial charge >= 0.3 is 0 Å². The van der Waals surface area contributed by atoms with E-state index in [-0.39, 0.29) is 18.4 Å². The minimum absolute atomic E-state index is 0.0335. The Bertz CT molecular complexity index is 649. The molecule has 5 nitrogen and oxygen atoms in total. The van der Waals surface area contributed by atoms with Gasteiger partial charge in [-0.25, -0.2) is 0 Å². The summed E-state index contributed by atoms with van der Waals surface area (Å²) in [5.41, 5.74) is 1.44. The average Bonchev–Trinajstić information content (AvgIpc) is 2.53. The van der Waals surface area contributed by atoms with E-state index in [1.54, 1.807) is 34.9 Å². The Labute approximate surface area is 134 Å². The minimum atomic E-state index is -0.0335. The Morgan fingerprint density at radius 3 is 2.50 bits per heavy atom. The van der Waals surface area contributed by atoms with Crippen LogP contribution in [0, 0.1) is 0 Å². The Hall–Kier alpha value is -2.01. The largest absolute Gasteiger partial charge is 0.488 e. The number of carbonyl (C=O) groups excluding carboxylic acids is 2. The molecule has 0 aliphatic carbocycles. The molecule has 0 unspecified atom stereocenters. The number of fused-ring (bicyclic) bond motifs is 1. The number of halogens is 1. The lowest BCUT2D eigenvalue weighted by atomic mass is 10.1. The quantitative estimate of drug-likeness (QED) is 0.793. The van der Waals surface area contributed by atoms with Crippen LogP contribution < -0.4 is 4.74 Å². The molecular weight excluding hydrogens is 304 g/mol. The zero-order valence-corrected chi connectivity index (χ0v) is 13.1. The summed E-state index contributed by atoms with van der Waals surface area (Å²) < 4.78 is 5.62. The number of amides is 2. The minimum Gasteiger partial charge on any atom is -0.488 e. The summed E-state index contributed by atoms with van der Waals surface area (Å²) >= 11 is 5.98. The summed E-state index contributed by atoms with van der Waals surface area (Å²) in [6, 6.07) is 5.36. The first-order valence-electron chi connectivity index (χ1n) is 7.22. The number of benzene rings is 1. The van der Waals surface area contributed by atoms with Gasteiger partial charge in [-0.15, -0.1) is 0 Å². The number of hydrogen-bond acceptors (Lipinski definition) is 3. The Kier molecular flexibility index (Phi) is 4.07. The Balaban J connectivity index is 1.72. The molecule has 2 amide bonds. The lowest BCUT2D eigenvalue weighted by Gasteiger charge is -2.35. The van der Waals surface area contributed by atoms with E-state index in [1.807, 2.05) is 6.08 Å². The van der Waals surface area contributed by atoms with Crippen molar-refractivity contribution in [2.24, 2.45) is 0 Å². The maximum atomic E-state index is 12.6. The predicted molar refractivity (Wildman–Crippen MR) is 83.8 cm³/mol. The topological polar surface area (TPSA) is 49.9 Å². The second-order valence-electron chi connectivity index (χ2n) is 5.44. The fraction of sp³-hybridized carbons (Fsp3) is 0.375. The van der Waals surface area contributed by atoms with Gasteiger partial charge in [-0.2, -0.15) is 0 Å². The first-order valence-corrected chi connectivity index (χ1v) is 7.60. The van der Waals surface area contributed by atoms with Gasteiger partial charge in [0.25, 0.3) is 5.91 Å². The van der Waals surface area contributed by atoms with E-state index in [2.05, 4.69) is 0 Å². The molecule has 1 aromatic carbocycles. The van der Waals surface area contributed by atoms with Crippen LogP contribution in [-0.4, -0.2) is 54.4 Å². The number of nitrogens with zero attached hydrogens (tertiary/aromatic N) is 2. The van der Waals surface area contributed by atoms with Gasteiger partial charge in [0.15, 0.2) is 0 Å². The molecule has 1 saturated heterocycles. The van der Waals surface area contributed by atoms with Crippen molar-refractivity contribution < 1.29 is 14.3 Å². The lowest BCUT2D eigenvalue weighted by molar-refractivity contribution is -0.136. The highest BCUT2D eigenvalue weighted by atomic mass is 35.5. The highest BCUT2D eigenvalue weighted by Crippen LogP contribution is 2.29. The molecule has 2 heterocycles. The number of carbonyl (C=O) groups is 2. The van der Waals surface area contributed by atoms with Crippen molar-refractivity contribution in [1.82, 2.24) is 9.80 Å². The van der Waals surface area contributed by atoms with Crippen molar-refractivity contribution in [3.8, 4) is 5.75 Å². The van der Waals surface area contributed by atoms with Crippen molar-refractivity contribution in [3.63, 3.8) is 0 Å². The van der Waals surface area contributed by atoms with E-state index < -0.39 is 0 Å². The SMILES string of the molecule is CC(=O)N1CCN(C(=O)C2=Cc3cc(Cl)ccc3OC2)CC1. The summed E-state index contributed by atoms with van der Waals surface area (Å²) in [6.45, 7) is 4.08. The first-order chi connectivity index (χ1) is 10.5. The van der Waals surface area contributed by atoms with Gasteiger partial charge in [0.2, 0.25) is 5.91 Å². The monoisotopic (exact) mass is 320 g/mol. The van der Waals surface area contributed by atoms with E-state index in [9.17, 15) is 9.59 Å². The van der Waals surface area contributed by atoms with Crippen molar-refractivity contribution in [2.75, 3.05) is 32.8 Å². The summed E-state index contributed by atoms with van der Waals surface area (Å²) in [5, 5.41) is 0.613. The molecule has 2 aliphatic rings. The van der Waals surface area contributed by atoms with Crippen LogP contribution in [0.25, 0.3) is 6.08 Å². The fourth-order valence-corrected chi connectivity index (χ4v) is 2.88. The normalized spacial score (nSPS) is 17.5. The van der Waals surface area contributed by atoms with Gasteiger partial charge in [0.1, 0.15) is 12.4 Å². The second-order valence-corrected chi connectivity index (χ2v) is 5.88. The molecule has 0 radical (unpaired) electrons. The standard InChI is InChI=1S/C16H17ClN2O3/c1-11(20)18-4-6-19(7-5-18)16(21)13-8-12-9-14(17)2-3-15(12)22-10-13/h2-3,8-9H,4-7,10H2,1H3. The van der Waals surface area contributed by atoms with Gasteiger partial charge in [-0.3, -0.25) is 9.59 Å². The van der Waals surface area contributed by atoms with Crippen LogP contribution in [0.15, 0.2) is 23.8 Å². The molecule has 3 rings (SSSR count). The smallest absolute Gasteiger partial charge is 0.253 e. The van der Waals surface area contributed by atoms with Crippen molar-refractivity contribution >= 4 is 29.5 Å². The van der Waals surface area contributed by atoms with Crippen LogP contribution in [0.5, 0.6) is 5.75 Å². The number of ether oxygens (including phenoxy) is 1. The van der Waals surface area contributed by atoms with Crippen LogP contribution in [-0.2, 0) is 9.59 Å². The van der Waals surface area contributed by atoms with Crippen molar-refractivity contribution in [3.05, 3.63) is 34.4 Å². The molecule has 6 heteroatoms. The lowest BCUT2D eigenvalue weighted by Crippen LogP contribution is -2.50. The molecular formula is C16H17ClN2O3. The van der Waals surface area contributed by atoms with Crippen LogP contribution in [0.1, 0.15) is 12.5 Å². The van der Waals surface area contributed by atoms with Crippen molar-refractivity contribution in [2.45, 2.75) is 6.92 Å². The second kappa shape index (κ2) is 6.01. The van der Waals surface area contributed by atoms with Crippen LogP contribution >= 0.6 is 11.6 Å². The molecule has 0 atom stereocenters. The van der Waals surface area contributed by atoms with Gasteiger partial charge in [-0.1, -0.05) is 11.6 Å².